The van der Waals surface area contributed by atoms with Crippen molar-refractivity contribution in [3.8, 4) is 36.2 Å². The summed E-state index contributed by atoms with van der Waals surface area (Å²) in [4.78, 5) is 18.3. The lowest BCUT2D eigenvalue weighted by atomic mass is 10.1. The molecule has 4 aromatic rings. The maximum absolute atomic E-state index is 5.87. The third-order valence-electron chi connectivity index (χ3n) is 6.91. The fourth-order valence-corrected chi connectivity index (χ4v) is 4.46. The number of benzene rings is 2. The van der Waals surface area contributed by atoms with Crippen molar-refractivity contribution in [2.45, 2.75) is 31.3 Å². The van der Waals surface area contributed by atoms with Gasteiger partial charge in [-0.3, -0.25) is 20.0 Å². The fourth-order valence-electron chi connectivity index (χ4n) is 4.46. The number of terminal acetylenes is 2. The van der Waals surface area contributed by atoms with E-state index in [0.29, 0.717) is 26.4 Å². The van der Waals surface area contributed by atoms with Crippen molar-refractivity contribution in [1.29, 1.82) is 0 Å². The Bertz CT molecular complexity index is 1460. The van der Waals surface area contributed by atoms with Gasteiger partial charge in [0.15, 0.2) is 0 Å². The number of hydrogen-bond acceptors (Lipinski definition) is 8. The first-order valence-corrected chi connectivity index (χ1v) is 15.6. The van der Waals surface area contributed by atoms with E-state index in [1.165, 1.54) is 0 Å². The summed E-state index contributed by atoms with van der Waals surface area (Å²) >= 11 is 0. The van der Waals surface area contributed by atoms with Gasteiger partial charge in [0.2, 0.25) is 0 Å². The zero-order valence-corrected chi connectivity index (χ0v) is 26.5. The Hall–Kier alpha value is -5.28. The number of rotatable bonds is 20. The molecule has 0 fully saturated rings. The van der Waals surface area contributed by atoms with E-state index >= 15 is 0 Å². The topological polar surface area (TPSA) is 87.4 Å². The van der Waals surface area contributed by atoms with E-state index in [2.05, 4.69) is 31.8 Å². The second-order valence-corrected chi connectivity index (χ2v) is 10.4. The molecule has 2 unspecified atom stereocenters. The van der Waals surface area contributed by atoms with Crippen molar-refractivity contribution in [2.75, 3.05) is 39.6 Å². The first kappa shape index (κ1) is 34.6. The average molecular weight is 629 g/mol. The van der Waals surface area contributed by atoms with Gasteiger partial charge in [-0.15, -0.1) is 12.8 Å². The smallest absolute Gasteiger partial charge is 0.137 e. The number of unbranched alkanes of at least 4 members (excludes halogenated alkanes) is 2. The molecule has 0 spiro atoms. The third-order valence-corrected chi connectivity index (χ3v) is 6.91. The highest BCUT2D eigenvalue weighted by molar-refractivity contribution is 5.77. The van der Waals surface area contributed by atoms with Gasteiger partial charge in [0.25, 0.3) is 0 Å². The summed E-state index contributed by atoms with van der Waals surface area (Å²) in [5.74, 6) is 6.43. The maximum Gasteiger partial charge on any atom is 0.137 e. The standard InChI is InChI=1S/C39H40N4O4/c1-3-22-44-30-38(32-14-8-5-9-15-32)42-26-34-18-20-36(28-40-34)46-24-12-7-13-25-47-37-21-19-35(41-29-37)27-43-39(31-45-23-4-2)33-16-10-6-11-17-33/h1-2,5-6,8-11,14-21,26-29,38-39H,7,12-13,22-25,30-31H2. The molecule has 0 radical (unpaired) electrons. The van der Waals surface area contributed by atoms with E-state index in [4.69, 9.17) is 31.8 Å². The summed E-state index contributed by atoms with van der Waals surface area (Å²) in [5, 5.41) is 0. The second kappa shape index (κ2) is 20.7. The molecule has 2 aromatic heterocycles. The van der Waals surface area contributed by atoms with Crippen molar-refractivity contribution in [1.82, 2.24) is 9.97 Å². The molecule has 47 heavy (non-hydrogen) atoms. The van der Waals surface area contributed by atoms with Crippen molar-refractivity contribution >= 4 is 12.4 Å². The average Bonchev–Trinajstić information content (AvgIpc) is 3.12. The quantitative estimate of drug-likeness (QED) is 0.0613. The van der Waals surface area contributed by atoms with Crippen LogP contribution in [-0.4, -0.2) is 62.0 Å². The molecular weight excluding hydrogens is 588 g/mol. The van der Waals surface area contributed by atoms with Gasteiger partial charge < -0.3 is 18.9 Å². The normalized spacial score (nSPS) is 12.4. The third kappa shape index (κ3) is 12.9. The fraction of sp³-hybridized carbons (Fsp3) is 0.282. The Balaban J connectivity index is 1.13. The van der Waals surface area contributed by atoms with Crippen molar-refractivity contribution in [2.24, 2.45) is 9.98 Å². The highest BCUT2D eigenvalue weighted by atomic mass is 16.5. The highest BCUT2D eigenvalue weighted by Crippen LogP contribution is 2.19. The zero-order chi connectivity index (χ0) is 32.8. The van der Waals surface area contributed by atoms with Gasteiger partial charge in [-0.2, -0.15) is 0 Å². The lowest BCUT2D eigenvalue weighted by molar-refractivity contribution is 0.152. The lowest BCUT2D eigenvalue weighted by Gasteiger charge is -2.12. The Labute approximate surface area is 277 Å². The van der Waals surface area contributed by atoms with Crippen LogP contribution in [0.4, 0.5) is 0 Å². The Morgan fingerprint density at radius 2 is 1.04 bits per heavy atom. The van der Waals surface area contributed by atoms with E-state index < -0.39 is 0 Å². The van der Waals surface area contributed by atoms with Crippen LogP contribution in [0.2, 0.25) is 0 Å². The molecule has 2 atom stereocenters. The zero-order valence-electron chi connectivity index (χ0n) is 26.5. The van der Waals surface area contributed by atoms with E-state index in [1.807, 2.05) is 84.9 Å². The largest absolute Gasteiger partial charge is 0.492 e. The maximum atomic E-state index is 5.87. The van der Waals surface area contributed by atoms with Crippen molar-refractivity contribution < 1.29 is 18.9 Å². The summed E-state index contributed by atoms with van der Waals surface area (Å²) in [6.07, 6.45) is 20.3. The molecule has 240 valence electrons. The Morgan fingerprint density at radius 1 is 0.596 bits per heavy atom. The number of hydrogen-bond donors (Lipinski definition) is 0. The predicted molar refractivity (Wildman–Crippen MR) is 186 cm³/mol. The molecule has 8 heteroatoms. The van der Waals surface area contributed by atoms with Crippen LogP contribution in [0.3, 0.4) is 0 Å². The Morgan fingerprint density at radius 3 is 1.43 bits per heavy atom. The van der Waals surface area contributed by atoms with Gasteiger partial charge >= 0.3 is 0 Å². The molecule has 0 saturated heterocycles. The number of aliphatic imine (C=N–C) groups is 2. The summed E-state index contributed by atoms with van der Waals surface area (Å²) in [6.45, 7) is 2.51. The van der Waals surface area contributed by atoms with Crippen LogP contribution in [0.25, 0.3) is 0 Å². The highest BCUT2D eigenvalue weighted by Gasteiger charge is 2.10. The number of aromatic nitrogens is 2. The molecule has 0 amide bonds. The molecule has 0 saturated carbocycles. The van der Waals surface area contributed by atoms with E-state index in [-0.39, 0.29) is 25.3 Å². The molecule has 8 nitrogen and oxygen atoms in total. The van der Waals surface area contributed by atoms with E-state index in [1.54, 1.807) is 24.8 Å². The lowest BCUT2D eigenvalue weighted by Crippen LogP contribution is -2.07. The molecule has 2 aromatic carbocycles. The van der Waals surface area contributed by atoms with Gasteiger partial charge in [0.1, 0.15) is 24.7 Å². The summed E-state index contributed by atoms with van der Waals surface area (Å²) in [5.41, 5.74) is 3.59. The number of nitrogens with zero attached hydrogens (tertiary/aromatic N) is 4. The summed E-state index contributed by atoms with van der Waals surface area (Å²) in [7, 11) is 0. The van der Waals surface area contributed by atoms with Crippen LogP contribution in [0, 0.1) is 24.7 Å². The van der Waals surface area contributed by atoms with Crippen LogP contribution in [0.1, 0.15) is 53.9 Å². The van der Waals surface area contributed by atoms with Crippen LogP contribution in [0.15, 0.2) is 107 Å². The molecule has 0 N–H and O–H groups in total. The molecule has 0 bridgehead atoms. The van der Waals surface area contributed by atoms with Crippen molar-refractivity contribution in [3.63, 3.8) is 0 Å². The minimum absolute atomic E-state index is 0.162. The summed E-state index contributed by atoms with van der Waals surface area (Å²) < 4.78 is 22.8. The molecule has 0 aliphatic rings. The first-order chi connectivity index (χ1) is 23.2. The molecule has 0 aliphatic carbocycles. The predicted octanol–water partition coefficient (Wildman–Crippen LogP) is 6.72. The van der Waals surface area contributed by atoms with Crippen LogP contribution < -0.4 is 9.47 Å². The van der Waals surface area contributed by atoms with Crippen LogP contribution in [0.5, 0.6) is 11.5 Å². The van der Waals surface area contributed by atoms with Crippen molar-refractivity contribution in [3.05, 3.63) is 120 Å². The second-order valence-electron chi connectivity index (χ2n) is 10.4. The monoisotopic (exact) mass is 628 g/mol. The van der Waals surface area contributed by atoms with Gasteiger partial charge in [-0.1, -0.05) is 72.5 Å². The molecule has 2 heterocycles. The molecular formula is C39H40N4O4. The minimum atomic E-state index is -0.162. The van der Waals surface area contributed by atoms with Crippen LogP contribution >= 0.6 is 0 Å². The van der Waals surface area contributed by atoms with Gasteiger partial charge in [-0.25, -0.2) is 0 Å². The molecule has 4 rings (SSSR count). The van der Waals surface area contributed by atoms with Gasteiger partial charge in [0, 0.05) is 12.4 Å². The van der Waals surface area contributed by atoms with Crippen LogP contribution in [-0.2, 0) is 9.47 Å². The summed E-state index contributed by atoms with van der Waals surface area (Å²) in [6, 6.07) is 27.2. The number of ether oxygens (including phenoxy) is 4. The Kier molecular flexibility index (Phi) is 15.2. The minimum Gasteiger partial charge on any atom is -0.492 e. The SMILES string of the molecule is C#CCOCC(N=Cc1ccc(OCCCCCOc2ccc(C=NC(COCC#C)c3ccccc3)nc2)cn1)c1ccccc1. The van der Waals surface area contributed by atoms with E-state index in [0.717, 1.165) is 53.3 Å². The number of pyridine rings is 2. The molecule has 0 aliphatic heterocycles. The first-order valence-electron chi connectivity index (χ1n) is 15.6. The van der Waals surface area contributed by atoms with Gasteiger partial charge in [0.05, 0.1) is 62.3 Å². The van der Waals surface area contributed by atoms with Gasteiger partial charge in [-0.05, 0) is 54.7 Å². The van der Waals surface area contributed by atoms with E-state index in [9.17, 15) is 0 Å².